The Hall–Kier alpha value is -6.98. The Morgan fingerprint density at radius 3 is 1.88 bits per heavy atom. The van der Waals surface area contributed by atoms with E-state index in [1.165, 1.54) is 120 Å². The topological polar surface area (TPSA) is 22.9 Å². The van der Waals surface area contributed by atoms with Gasteiger partial charge in [-0.3, -0.25) is 0 Å². The molecule has 4 nitrogen and oxygen atoms in total. The lowest BCUT2D eigenvalue weighted by Gasteiger charge is -2.51. The first kappa shape index (κ1) is 44.9. The highest BCUT2D eigenvalue weighted by Gasteiger charge is 2.58. The molecule has 0 amide bonds. The first-order valence-corrected chi connectivity index (χ1v) is 26.5. The summed E-state index contributed by atoms with van der Waals surface area (Å²) in [6, 6.07) is 58.3. The number of furan rings is 1. The van der Waals surface area contributed by atoms with Crippen LogP contribution in [0.2, 0.25) is 0 Å². The van der Waals surface area contributed by atoms with Crippen molar-refractivity contribution in [2.24, 2.45) is 0 Å². The monoisotopic (exact) mass is 940 g/mol. The van der Waals surface area contributed by atoms with Crippen molar-refractivity contribution in [2.45, 2.75) is 124 Å². The summed E-state index contributed by atoms with van der Waals surface area (Å²) in [7, 11) is 0. The van der Waals surface area contributed by atoms with Gasteiger partial charge in [0.1, 0.15) is 5.58 Å². The van der Waals surface area contributed by atoms with Crippen LogP contribution < -0.4 is 31.1 Å². The zero-order valence-electron chi connectivity index (χ0n) is 44.1. The Bertz CT molecular complexity index is 3720. The van der Waals surface area contributed by atoms with Crippen LogP contribution in [0.25, 0.3) is 33.1 Å². The number of para-hydroxylation sites is 2. The van der Waals surface area contributed by atoms with Gasteiger partial charge in [-0.05, 0) is 167 Å². The number of hydrogen-bond donors (Lipinski definition) is 0. The van der Waals surface area contributed by atoms with Gasteiger partial charge in [0, 0.05) is 55.9 Å². The molecule has 13 rings (SSSR count). The van der Waals surface area contributed by atoms with Gasteiger partial charge in [-0.25, -0.2) is 0 Å². The lowest BCUT2D eigenvalue weighted by molar-refractivity contribution is 0.194. The fourth-order valence-corrected chi connectivity index (χ4v) is 14.0. The summed E-state index contributed by atoms with van der Waals surface area (Å²) in [6.45, 7) is 26.0. The van der Waals surface area contributed by atoms with Gasteiger partial charge in [-0.1, -0.05) is 152 Å². The van der Waals surface area contributed by atoms with Crippen molar-refractivity contribution in [1.82, 2.24) is 0 Å². The highest BCUT2D eigenvalue weighted by molar-refractivity contribution is 7.00. The molecule has 0 N–H and O–H groups in total. The first-order chi connectivity index (χ1) is 34.4. The number of rotatable bonds is 4. The molecule has 3 aliphatic heterocycles. The zero-order valence-corrected chi connectivity index (χ0v) is 44.1. The predicted molar refractivity (Wildman–Crippen MR) is 308 cm³/mol. The van der Waals surface area contributed by atoms with E-state index in [-0.39, 0.29) is 28.5 Å². The van der Waals surface area contributed by atoms with E-state index in [4.69, 9.17) is 4.42 Å². The van der Waals surface area contributed by atoms with Crippen molar-refractivity contribution in [3.63, 3.8) is 0 Å². The first-order valence-electron chi connectivity index (χ1n) is 26.5. The molecule has 1 fully saturated rings. The third-order valence-electron chi connectivity index (χ3n) is 17.7. The van der Waals surface area contributed by atoms with Crippen molar-refractivity contribution < 1.29 is 4.42 Å². The van der Waals surface area contributed by atoms with Gasteiger partial charge in [0.2, 0.25) is 0 Å². The predicted octanol–water partition coefficient (Wildman–Crippen LogP) is 16.6. The molecule has 2 atom stereocenters. The Kier molecular flexibility index (Phi) is 9.68. The molecule has 1 saturated carbocycles. The van der Waals surface area contributed by atoms with Crippen molar-refractivity contribution in [3.8, 4) is 11.1 Å². The lowest BCUT2D eigenvalue weighted by Crippen LogP contribution is -2.61. The van der Waals surface area contributed by atoms with Crippen LogP contribution in [0.5, 0.6) is 0 Å². The molecule has 9 aromatic rings. The average Bonchev–Trinajstić information content (AvgIpc) is 3.83. The maximum Gasteiger partial charge on any atom is 0.252 e. The Balaban J connectivity index is 1.14. The molecule has 1 aliphatic carbocycles. The van der Waals surface area contributed by atoms with E-state index in [1.807, 2.05) is 0 Å². The Morgan fingerprint density at radius 2 is 1.12 bits per heavy atom. The van der Waals surface area contributed by atoms with Crippen molar-refractivity contribution in [1.29, 1.82) is 0 Å². The SMILES string of the molecule is Cc1cc2c3c(c1)N(c1cccc4c1oc1ccccc14)c1cc(C(C)(C)C)ccc1B3c1ccc(N3c4cc(C)cc(C)c4C4(C)CCCCC34C)cc1N2c1ccc(C(C)(C)C)cc1-c1ccccc1. The third-order valence-corrected chi connectivity index (χ3v) is 17.7. The summed E-state index contributed by atoms with van der Waals surface area (Å²) in [5, 5.41) is 2.26. The lowest BCUT2D eigenvalue weighted by atomic mass is 9.33. The fraction of sp³-hybridized carbons (Fsp3) is 0.284. The van der Waals surface area contributed by atoms with E-state index >= 15 is 0 Å². The standard InChI is InChI=1S/C67H66BN3O/c1-41-34-43(3)61-57(35-41)71(67(11)33-18-17-32-66(61,67)10)47-28-30-52-56(40-47)69(53-31-27-45(64(4,5)6)38-50(53)44-20-13-12-14-21-44)58-36-42(2)37-59-62(58)68(52)51-29-26-46(65(7,8)9)39-55(51)70(59)54-24-19-23-49-48-22-15-16-25-60(48)72-63(49)54/h12-16,19-31,34-40H,17-18,32-33H2,1-11H3. The van der Waals surface area contributed by atoms with Crippen LogP contribution in [0.15, 0.2) is 156 Å². The number of hydrogen-bond acceptors (Lipinski definition) is 4. The van der Waals surface area contributed by atoms with Gasteiger partial charge in [0.15, 0.2) is 5.58 Å². The second-order valence-electron chi connectivity index (χ2n) is 24.3. The normalized spacial score (nSPS) is 19.1. The summed E-state index contributed by atoms with van der Waals surface area (Å²) in [5.41, 5.74) is 25.8. The van der Waals surface area contributed by atoms with Crippen LogP contribution in [0.3, 0.4) is 0 Å². The summed E-state index contributed by atoms with van der Waals surface area (Å²) >= 11 is 0. The van der Waals surface area contributed by atoms with Gasteiger partial charge < -0.3 is 19.1 Å². The fourth-order valence-electron chi connectivity index (χ4n) is 14.0. The molecule has 72 heavy (non-hydrogen) atoms. The van der Waals surface area contributed by atoms with E-state index in [0.29, 0.717) is 0 Å². The van der Waals surface area contributed by atoms with Crippen molar-refractivity contribution in [3.05, 3.63) is 185 Å². The van der Waals surface area contributed by atoms with Gasteiger partial charge in [-0.15, -0.1) is 0 Å². The molecule has 0 spiro atoms. The van der Waals surface area contributed by atoms with Gasteiger partial charge >= 0.3 is 0 Å². The molecular formula is C67H66BN3O. The van der Waals surface area contributed by atoms with E-state index < -0.39 is 0 Å². The van der Waals surface area contributed by atoms with Gasteiger partial charge in [-0.2, -0.15) is 0 Å². The van der Waals surface area contributed by atoms with Crippen molar-refractivity contribution >= 4 is 90.5 Å². The Morgan fingerprint density at radius 1 is 0.514 bits per heavy atom. The molecule has 4 aliphatic rings. The second kappa shape index (κ2) is 15.5. The summed E-state index contributed by atoms with van der Waals surface area (Å²) in [4.78, 5) is 8.00. The molecule has 0 bridgehead atoms. The molecule has 0 saturated heterocycles. The minimum Gasteiger partial charge on any atom is -0.454 e. The number of fused-ring (bicyclic) bond motifs is 10. The average molecular weight is 940 g/mol. The highest BCUT2D eigenvalue weighted by Crippen LogP contribution is 2.62. The van der Waals surface area contributed by atoms with Crippen LogP contribution >= 0.6 is 0 Å². The Labute approximate surface area is 427 Å². The third kappa shape index (κ3) is 6.37. The smallest absolute Gasteiger partial charge is 0.252 e. The molecule has 4 heterocycles. The quantitative estimate of drug-likeness (QED) is 0.164. The number of aryl methyl sites for hydroxylation is 3. The molecule has 1 aromatic heterocycles. The number of nitrogens with zero attached hydrogens (tertiary/aromatic N) is 3. The minimum absolute atomic E-state index is 0.0229. The summed E-state index contributed by atoms with van der Waals surface area (Å²) in [5.74, 6) is 0. The van der Waals surface area contributed by atoms with Crippen LogP contribution in [0.4, 0.5) is 45.5 Å². The molecular weight excluding hydrogens is 874 g/mol. The van der Waals surface area contributed by atoms with Gasteiger partial charge in [0.05, 0.1) is 16.9 Å². The largest absolute Gasteiger partial charge is 0.454 e. The minimum atomic E-state index is -0.0932. The molecule has 0 radical (unpaired) electrons. The number of benzene rings is 8. The summed E-state index contributed by atoms with van der Waals surface area (Å²) in [6.07, 6.45) is 4.83. The molecule has 5 heteroatoms. The maximum atomic E-state index is 6.94. The summed E-state index contributed by atoms with van der Waals surface area (Å²) < 4.78 is 6.94. The van der Waals surface area contributed by atoms with Crippen LogP contribution in [0, 0.1) is 20.8 Å². The maximum absolute atomic E-state index is 6.94. The van der Waals surface area contributed by atoms with Crippen LogP contribution in [0.1, 0.15) is 114 Å². The van der Waals surface area contributed by atoms with Gasteiger partial charge in [0.25, 0.3) is 6.71 Å². The van der Waals surface area contributed by atoms with Crippen LogP contribution in [-0.2, 0) is 16.2 Å². The zero-order chi connectivity index (χ0) is 49.8. The van der Waals surface area contributed by atoms with E-state index in [2.05, 4.69) is 243 Å². The molecule has 358 valence electrons. The second-order valence-corrected chi connectivity index (χ2v) is 24.3. The molecule has 8 aromatic carbocycles. The highest BCUT2D eigenvalue weighted by atomic mass is 16.3. The van der Waals surface area contributed by atoms with E-state index in [0.717, 1.165) is 34.0 Å². The van der Waals surface area contributed by atoms with E-state index in [9.17, 15) is 0 Å². The van der Waals surface area contributed by atoms with E-state index in [1.54, 1.807) is 0 Å². The van der Waals surface area contributed by atoms with Crippen molar-refractivity contribution in [2.75, 3.05) is 14.7 Å². The number of anilines is 8. The van der Waals surface area contributed by atoms with Crippen LogP contribution in [-0.4, -0.2) is 12.3 Å². The molecule has 2 unspecified atom stereocenters.